The summed E-state index contributed by atoms with van der Waals surface area (Å²) in [4.78, 5) is 0. The molecule has 142 valence electrons. The molecule has 0 radical (unpaired) electrons. The molecule has 0 saturated carbocycles. The van der Waals surface area contributed by atoms with Crippen molar-refractivity contribution in [3.8, 4) is 51.1 Å². The summed E-state index contributed by atoms with van der Waals surface area (Å²) in [6.07, 6.45) is 1.58. The van der Waals surface area contributed by atoms with Crippen LogP contribution in [0, 0.1) is 0 Å². The number of nitrogens with zero attached hydrogens (tertiary/aromatic N) is 1. The average Bonchev–Trinajstić information content (AvgIpc) is 3.21. The minimum Gasteiger partial charge on any atom is -0.496 e. The Hall–Kier alpha value is -3.35. The second-order valence-corrected chi connectivity index (χ2v) is 5.55. The normalized spacial score (nSPS) is 10.4. The Morgan fingerprint density at radius 2 is 1.22 bits per heavy atom. The maximum atomic E-state index is 5.52. The number of hydrogen-bond acceptors (Lipinski definition) is 7. The van der Waals surface area contributed by atoms with E-state index in [0.717, 1.165) is 11.1 Å². The van der Waals surface area contributed by atoms with Crippen LogP contribution in [0.2, 0.25) is 0 Å². The lowest BCUT2D eigenvalue weighted by atomic mass is 10.00. The van der Waals surface area contributed by atoms with Crippen LogP contribution < -0.4 is 23.7 Å². The van der Waals surface area contributed by atoms with Gasteiger partial charge in [0.2, 0.25) is 0 Å². The largest absolute Gasteiger partial charge is 0.496 e. The van der Waals surface area contributed by atoms with Crippen LogP contribution in [0.15, 0.2) is 41.1 Å². The van der Waals surface area contributed by atoms with E-state index in [9.17, 15) is 0 Å². The minimum atomic E-state index is 0.564. The summed E-state index contributed by atoms with van der Waals surface area (Å²) >= 11 is 0. The van der Waals surface area contributed by atoms with Gasteiger partial charge in [-0.15, -0.1) is 0 Å². The fraction of sp³-hybridized carbons (Fsp3) is 0.250. The summed E-state index contributed by atoms with van der Waals surface area (Å²) in [6.45, 7) is 0. The fourth-order valence-electron chi connectivity index (χ4n) is 2.85. The van der Waals surface area contributed by atoms with Crippen molar-refractivity contribution in [1.29, 1.82) is 0 Å². The van der Waals surface area contributed by atoms with Crippen LogP contribution in [0.3, 0.4) is 0 Å². The van der Waals surface area contributed by atoms with Gasteiger partial charge in [0.15, 0.2) is 23.0 Å². The van der Waals surface area contributed by atoms with Crippen molar-refractivity contribution in [1.82, 2.24) is 5.16 Å². The summed E-state index contributed by atoms with van der Waals surface area (Å²) < 4.78 is 32.2. The summed E-state index contributed by atoms with van der Waals surface area (Å²) in [6, 6.07) is 9.16. The van der Waals surface area contributed by atoms with Crippen LogP contribution in [0.4, 0.5) is 0 Å². The van der Waals surface area contributed by atoms with Gasteiger partial charge in [0, 0.05) is 11.6 Å². The number of ether oxygens (including phenoxy) is 5. The van der Waals surface area contributed by atoms with Crippen LogP contribution in [-0.2, 0) is 0 Å². The lowest BCUT2D eigenvalue weighted by molar-refractivity contribution is 0.349. The first-order valence-corrected chi connectivity index (χ1v) is 8.14. The van der Waals surface area contributed by atoms with Crippen LogP contribution in [0.25, 0.3) is 22.4 Å². The number of hydrogen-bond donors (Lipinski definition) is 0. The van der Waals surface area contributed by atoms with Gasteiger partial charge in [-0.1, -0.05) is 11.2 Å². The molecule has 0 aliphatic carbocycles. The molecule has 2 aromatic carbocycles. The Labute approximate surface area is 157 Å². The van der Waals surface area contributed by atoms with Gasteiger partial charge < -0.3 is 28.2 Å². The zero-order valence-electron chi connectivity index (χ0n) is 15.9. The predicted molar refractivity (Wildman–Crippen MR) is 100 cm³/mol. The van der Waals surface area contributed by atoms with Crippen molar-refractivity contribution in [2.24, 2.45) is 0 Å². The van der Waals surface area contributed by atoms with Gasteiger partial charge in [0.25, 0.3) is 0 Å². The summed E-state index contributed by atoms with van der Waals surface area (Å²) in [5, 5.41) is 4.18. The molecular weight excluding hydrogens is 350 g/mol. The molecule has 1 heterocycles. The molecule has 3 rings (SSSR count). The molecule has 0 aliphatic heterocycles. The molecule has 0 unspecified atom stereocenters. The number of benzene rings is 2. The molecule has 7 nitrogen and oxygen atoms in total. The van der Waals surface area contributed by atoms with Crippen LogP contribution >= 0.6 is 0 Å². The monoisotopic (exact) mass is 371 g/mol. The molecule has 0 fully saturated rings. The lowest BCUT2D eigenvalue weighted by Crippen LogP contribution is -1.96. The highest BCUT2D eigenvalue weighted by atomic mass is 16.5. The molecule has 1 aromatic heterocycles. The third-order valence-corrected chi connectivity index (χ3v) is 4.23. The quantitative estimate of drug-likeness (QED) is 0.620. The molecule has 0 N–H and O–H groups in total. The molecule has 7 heteroatoms. The first-order chi connectivity index (χ1) is 13.2. The van der Waals surface area contributed by atoms with Gasteiger partial charge in [-0.25, -0.2) is 0 Å². The smallest absolute Gasteiger partial charge is 0.164 e. The second-order valence-electron chi connectivity index (χ2n) is 5.55. The molecule has 0 amide bonds. The number of aromatic nitrogens is 1. The third kappa shape index (κ3) is 3.36. The van der Waals surface area contributed by atoms with Crippen molar-refractivity contribution in [2.75, 3.05) is 35.5 Å². The van der Waals surface area contributed by atoms with Crippen molar-refractivity contribution >= 4 is 0 Å². The molecule has 0 aliphatic rings. The SMILES string of the molecule is COc1ccc(-c2conc2-c2cc(OC)c(OC)cc2OC)cc1OC. The fourth-order valence-corrected chi connectivity index (χ4v) is 2.85. The van der Waals surface area contributed by atoms with E-state index in [1.165, 1.54) is 0 Å². The minimum absolute atomic E-state index is 0.564. The van der Waals surface area contributed by atoms with Crippen molar-refractivity contribution in [3.05, 3.63) is 36.6 Å². The Kier molecular flexibility index (Phi) is 5.40. The Bertz CT molecular complexity index is 934. The highest BCUT2D eigenvalue weighted by molar-refractivity contribution is 5.84. The Morgan fingerprint density at radius 1 is 0.630 bits per heavy atom. The van der Waals surface area contributed by atoms with E-state index in [2.05, 4.69) is 5.16 Å². The van der Waals surface area contributed by atoms with Crippen molar-refractivity contribution < 1.29 is 28.2 Å². The van der Waals surface area contributed by atoms with Crippen molar-refractivity contribution in [3.63, 3.8) is 0 Å². The maximum absolute atomic E-state index is 5.52. The highest BCUT2D eigenvalue weighted by Gasteiger charge is 2.20. The van der Waals surface area contributed by atoms with Gasteiger partial charge in [-0.05, 0) is 23.8 Å². The Balaban J connectivity index is 2.16. The first-order valence-electron chi connectivity index (χ1n) is 8.14. The summed E-state index contributed by atoms with van der Waals surface area (Å²) in [5.41, 5.74) is 2.97. The van der Waals surface area contributed by atoms with Crippen LogP contribution in [-0.4, -0.2) is 40.7 Å². The first kappa shape index (κ1) is 18.4. The average molecular weight is 371 g/mol. The van der Waals surface area contributed by atoms with E-state index in [4.69, 9.17) is 28.2 Å². The van der Waals surface area contributed by atoms with Gasteiger partial charge >= 0.3 is 0 Å². The highest BCUT2D eigenvalue weighted by Crippen LogP contribution is 2.43. The van der Waals surface area contributed by atoms with Crippen LogP contribution in [0.1, 0.15) is 0 Å². The summed E-state index contributed by atoms with van der Waals surface area (Å²) in [7, 11) is 7.92. The van der Waals surface area contributed by atoms with E-state index < -0.39 is 0 Å². The van der Waals surface area contributed by atoms with E-state index in [0.29, 0.717) is 40.0 Å². The molecular formula is C20H21NO6. The number of methoxy groups -OCH3 is 5. The van der Waals surface area contributed by atoms with E-state index in [1.54, 1.807) is 53.9 Å². The van der Waals surface area contributed by atoms with E-state index in [-0.39, 0.29) is 0 Å². The Morgan fingerprint density at radius 3 is 1.85 bits per heavy atom. The molecule has 0 saturated heterocycles. The van der Waals surface area contributed by atoms with Gasteiger partial charge in [-0.3, -0.25) is 0 Å². The molecule has 0 atom stereocenters. The topological polar surface area (TPSA) is 72.2 Å². The maximum Gasteiger partial charge on any atom is 0.164 e. The molecule has 0 bridgehead atoms. The van der Waals surface area contributed by atoms with E-state index in [1.807, 2.05) is 18.2 Å². The molecule has 0 spiro atoms. The van der Waals surface area contributed by atoms with Crippen LogP contribution in [0.5, 0.6) is 28.7 Å². The zero-order valence-corrected chi connectivity index (χ0v) is 15.9. The third-order valence-electron chi connectivity index (χ3n) is 4.23. The lowest BCUT2D eigenvalue weighted by Gasteiger charge is -2.14. The standard InChI is InChI=1S/C20H21NO6/c1-22-15-7-6-12(8-17(15)24-3)14-11-27-21-20(14)13-9-18(25-4)19(26-5)10-16(13)23-2/h6-11H,1-5H3. The molecule has 27 heavy (non-hydrogen) atoms. The van der Waals surface area contributed by atoms with Gasteiger partial charge in [-0.2, -0.15) is 0 Å². The molecule has 3 aromatic rings. The summed E-state index contributed by atoms with van der Waals surface area (Å²) in [5.74, 6) is 2.97. The van der Waals surface area contributed by atoms with Gasteiger partial charge in [0.1, 0.15) is 17.7 Å². The number of rotatable bonds is 7. The second kappa shape index (κ2) is 7.90. The van der Waals surface area contributed by atoms with Gasteiger partial charge in [0.05, 0.1) is 41.1 Å². The van der Waals surface area contributed by atoms with E-state index >= 15 is 0 Å². The zero-order chi connectivity index (χ0) is 19.4. The predicted octanol–water partition coefficient (Wildman–Crippen LogP) is 4.05. The van der Waals surface area contributed by atoms with Crippen molar-refractivity contribution in [2.45, 2.75) is 0 Å².